The van der Waals surface area contributed by atoms with Crippen LogP contribution >= 0.6 is 0 Å². The number of rotatable bonds is 3. The summed E-state index contributed by atoms with van der Waals surface area (Å²) < 4.78 is 0. The van der Waals surface area contributed by atoms with E-state index >= 15 is 0 Å². The SMILES string of the molecule is Cc1c(C(=O)N2CCCC(C(=O)O)C2)cccc1[N+](=O)[O-]. The molecule has 0 radical (unpaired) electrons. The van der Waals surface area contributed by atoms with Gasteiger partial charge in [0.05, 0.1) is 10.8 Å². The minimum Gasteiger partial charge on any atom is -0.481 e. The van der Waals surface area contributed by atoms with Gasteiger partial charge in [0.25, 0.3) is 11.6 Å². The van der Waals surface area contributed by atoms with Crippen LogP contribution in [0, 0.1) is 23.0 Å². The van der Waals surface area contributed by atoms with Crippen LogP contribution in [-0.2, 0) is 4.79 Å². The summed E-state index contributed by atoms with van der Waals surface area (Å²) in [5.74, 6) is -1.83. The van der Waals surface area contributed by atoms with Gasteiger partial charge in [-0.2, -0.15) is 0 Å². The van der Waals surface area contributed by atoms with Crippen molar-refractivity contribution >= 4 is 17.6 Å². The Morgan fingerprint density at radius 1 is 1.43 bits per heavy atom. The third-order valence-corrected chi connectivity index (χ3v) is 3.79. The van der Waals surface area contributed by atoms with E-state index in [0.29, 0.717) is 24.9 Å². The second kappa shape index (κ2) is 5.90. The Hall–Kier alpha value is -2.44. The molecule has 1 atom stereocenters. The van der Waals surface area contributed by atoms with E-state index in [4.69, 9.17) is 5.11 Å². The lowest BCUT2D eigenvalue weighted by Gasteiger charge is -2.31. The Bertz CT molecular complexity index is 599. The van der Waals surface area contributed by atoms with Crippen LogP contribution in [0.2, 0.25) is 0 Å². The summed E-state index contributed by atoms with van der Waals surface area (Å²) in [6, 6.07) is 4.36. The van der Waals surface area contributed by atoms with E-state index in [1.807, 2.05) is 0 Å². The molecule has 1 fully saturated rings. The molecule has 112 valence electrons. The fourth-order valence-corrected chi connectivity index (χ4v) is 2.59. The molecular formula is C14H16N2O5. The molecule has 1 unspecified atom stereocenters. The number of nitro benzene ring substituents is 1. The lowest BCUT2D eigenvalue weighted by molar-refractivity contribution is -0.385. The molecule has 7 nitrogen and oxygen atoms in total. The summed E-state index contributed by atoms with van der Waals surface area (Å²) in [7, 11) is 0. The predicted molar refractivity (Wildman–Crippen MR) is 74.1 cm³/mol. The Labute approximate surface area is 121 Å². The fourth-order valence-electron chi connectivity index (χ4n) is 2.59. The number of carbonyl (C=O) groups is 2. The van der Waals surface area contributed by atoms with Crippen LogP contribution in [0.3, 0.4) is 0 Å². The molecule has 7 heteroatoms. The zero-order chi connectivity index (χ0) is 15.6. The van der Waals surface area contributed by atoms with Crippen molar-refractivity contribution in [3.63, 3.8) is 0 Å². The molecule has 1 aliphatic heterocycles. The predicted octanol–water partition coefficient (Wildman–Crippen LogP) is 1.84. The third-order valence-electron chi connectivity index (χ3n) is 3.79. The van der Waals surface area contributed by atoms with E-state index in [1.165, 1.54) is 30.0 Å². The molecule has 2 rings (SSSR count). The number of nitro groups is 1. The first-order valence-corrected chi connectivity index (χ1v) is 6.68. The van der Waals surface area contributed by atoms with Gasteiger partial charge < -0.3 is 10.0 Å². The zero-order valence-corrected chi connectivity index (χ0v) is 11.6. The molecule has 1 amide bonds. The van der Waals surface area contributed by atoms with E-state index in [9.17, 15) is 19.7 Å². The molecule has 0 saturated carbocycles. The third kappa shape index (κ3) is 3.01. The van der Waals surface area contributed by atoms with Crippen LogP contribution in [0.25, 0.3) is 0 Å². The lowest BCUT2D eigenvalue weighted by Crippen LogP contribution is -2.42. The van der Waals surface area contributed by atoms with Gasteiger partial charge in [-0.3, -0.25) is 19.7 Å². The summed E-state index contributed by atoms with van der Waals surface area (Å²) in [4.78, 5) is 35.4. The van der Waals surface area contributed by atoms with Crippen molar-refractivity contribution < 1.29 is 19.6 Å². The van der Waals surface area contributed by atoms with Crippen molar-refractivity contribution in [2.45, 2.75) is 19.8 Å². The molecule has 1 aromatic rings. The zero-order valence-electron chi connectivity index (χ0n) is 11.6. The molecular weight excluding hydrogens is 276 g/mol. The minimum absolute atomic E-state index is 0.104. The van der Waals surface area contributed by atoms with E-state index in [1.54, 1.807) is 0 Å². The highest BCUT2D eigenvalue weighted by atomic mass is 16.6. The quantitative estimate of drug-likeness (QED) is 0.676. The van der Waals surface area contributed by atoms with Gasteiger partial charge in [-0.15, -0.1) is 0 Å². The standard InChI is InChI=1S/C14H16N2O5/c1-9-11(5-2-6-12(9)16(20)21)13(17)15-7-3-4-10(8-15)14(18)19/h2,5-6,10H,3-4,7-8H2,1H3,(H,18,19). The maximum atomic E-state index is 12.5. The Balaban J connectivity index is 2.26. The van der Waals surface area contributed by atoms with Crippen LogP contribution < -0.4 is 0 Å². The summed E-state index contributed by atoms with van der Waals surface area (Å²) in [6.07, 6.45) is 1.17. The van der Waals surface area contributed by atoms with Gasteiger partial charge in [0.15, 0.2) is 0 Å². The van der Waals surface area contributed by atoms with Crippen LogP contribution in [0.4, 0.5) is 5.69 Å². The van der Waals surface area contributed by atoms with E-state index in [0.717, 1.165) is 0 Å². The molecule has 1 aromatic carbocycles. The number of aliphatic carboxylic acids is 1. The number of benzene rings is 1. The second-order valence-corrected chi connectivity index (χ2v) is 5.14. The van der Waals surface area contributed by atoms with Gasteiger partial charge in [0, 0.05) is 30.3 Å². The molecule has 0 bridgehead atoms. The normalized spacial score (nSPS) is 18.3. The van der Waals surface area contributed by atoms with Gasteiger partial charge in [0.1, 0.15) is 0 Å². The van der Waals surface area contributed by atoms with E-state index in [-0.39, 0.29) is 23.7 Å². The first-order chi connectivity index (χ1) is 9.91. The van der Waals surface area contributed by atoms with E-state index < -0.39 is 16.8 Å². The van der Waals surface area contributed by atoms with Crippen LogP contribution in [0.5, 0.6) is 0 Å². The molecule has 1 heterocycles. The number of likely N-dealkylation sites (tertiary alicyclic amines) is 1. The number of nitrogens with zero attached hydrogens (tertiary/aromatic N) is 2. The molecule has 0 spiro atoms. The number of piperidine rings is 1. The maximum absolute atomic E-state index is 12.5. The number of carboxylic acids is 1. The smallest absolute Gasteiger partial charge is 0.308 e. The first-order valence-electron chi connectivity index (χ1n) is 6.68. The molecule has 1 aliphatic rings. The average molecular weight is 292 g/mol. The highest BCUT2D eigenvalue weighted by Crippen LogP contribution is 2.24. The van der Waals surface area contributed by atoms with Crippen LogP contribution in [0.1, 0.15) is 28.8 Å². The van der Waals surface area contributed by atoms with Crippen molar-refractivity contribution in [2.75, 3.05) is 13.1 Å². The van der Waals surface area contributed by atoms with Gasteiger partial charge in [-0.1, -0.05) is 6.07 Å². The Morgan fingerprint density at radius 3 is 2.76 bits per heavy atom. The van der Waals surface area contributed by atoms with Crippen LogP contribution in [-0.4, -0.2) is 39.9 Å². The number of carbonyl (C=O) groups excluding carboxylic acids is 1. The summed E-state index contributed by atoms with van der Waals surface area (Å²) in [5.41, 5.74) is 0.466. The number of hydrogen-bond acceptors (Lipinski definition) is 4. The average Bonchev–Trinajstić information content (AvgIpc) is 2.46. The lowest BCUT2D eigenvalue weighted by atomic mass is 9.97. The molecule has 21 heavy (non-hydrogen) atoms. The van der Waals surface area contributed by atoms with Gasteiger partial charge in [-0.05, 0) is 25.8 Å². The highest BCUT2D eigenvalue weighted by Gasteiger charge is 2.30. The fraction of sp³-hybridized carbons (Fsp3) is 0.429. The topological polar surface area (TPSA) is 101 Å². The van der Waals surface area contributed by atoms with Gasteiger partial charge in [-0.25, -0.2) is 0 Å². The second-order valence-electron chi connectivity index (χ2n) is 5.14. The van der Waals surface area contributed by atoms with E-state index in [2.05, 4.69) is 0 Å². The van der Waals surface area contributed by atoms with Gasteiger partial charge >= 0.3 is 5.97 Å². The maximum Gasteiger partial charge on any atom is 0.308 e. The molecule has 0 aliphatic carbocycles. The monoisotopic (exact) mass is 292 g/mol. The Kier molecular flexibility index (Phi) is 4.21. The minimum atomic E-state index is -0.914. The number of amides is 1. The largest absolute Gasteiger partial charge is 0.481 e. The van der Waals surface area contributed by atoms with Crippen molar-refractivity contribution in [2.24, 2.45) is 5.92 Å². The Morgan fingerprint density at radius 2 is 2.14 bits per heavy atom. The summed E-state index contributed by atoms with van der Waals surface area (Å²) in [5, 5.41) is 20.0. The summed E-state index contributed by atoms with van der Waals surface area (Å²) >= 11 is 0. The van der Waals surface area contributed by atoms with Crippen molar-refractivity contribution in [3.8, 4) is 0 Å². The highest BCUT2D eigenvalue weighted by molar-refractivity contribution is 5.97. The van der Waals surface area contributed by atoms with Crippen LogP contribution in [0.15, 0.2) is 18.2 Å². The summed E-state index contributed by atoms with van der Waals surface area (Å²) in [6.45, 7) is 2.16. The molecule has 0 aromatic heterocycles. The molecule has 1 saturated heterocycles. The van der Waals surface area contributed by atoms with Crippen molar-refractivity contribution in [1.29, 1.82) is 0 Å². The number of hydrogen-bond donors (Lipinski definition) is 1. The molecule has 1 N–H and O–H groups in total. The van der Waals surface area contributed by atoms with Crippen molar-refractivity contribution in [3.05, 3.63) is 39.4 Å². The first kappa shape index (κ1) is 15.0. The number of carboxylic acid groups (broad SMARTS) is 1. The van der Waals surface area contributed by atoms with Gasteiger partial charge in [0.2, 0.25) is 0 Å². The van der Waals surface area contributed by atoms with Crippen molar-refractivity contribution in [1.82, 2.24) is 4.90 Å².